The normalized spacial score (nSPS) is 14.9. The third kappa shape index (κ3) is 4.89. The van der Waals surface area contributed by atoms with Gasteiger partial charge in [-0.25, -0.2) is 13.2 Å². The third-order valence-corrected chi connectivity index (χ3v) is 5.97. The number of nitrogens with one attached hydrogen (secondary N) is 1. The van der Waals surface area contributed by atoms with Gasteiger partial charge < -0.3 is 15.0 Å². The first-order valence-electron chi connectivity index (χ1n) is 10.9. The summed E-state index contributed by atoms with van der Waals surface area (Å²) < 4.78 is 45.8. The van der Waals surface area contributed by atoms with Crippen LogP contribution in [0.25, 0.3) is 16.5 Å². The number of rotatable bonds is 7. The van der Waals surface area contributed by atoms with Crippen molar-refractivity contribution in [1.29, 1.82) is 0 Å². The molecular weight excluding hydrogens is 445 g/mol. The second-order valence-corrected chi connectivity index (χ2v) is 8.16. The van der Waals surface area contributed by atoms with E-state index in [1.807, 2.05) is 24.3 Å². The zero-order chi connectivity index (χ0) is 24.2. The molecule has 0 bridgehead atoms. The van der Waals surface area contributed by atoms with Gasteiger partial charge in [0.1, 0.15) is 12.4 Å². The van der Waals surface area contributed by atoms with Gasteiger partial charge in [0.2, 0.25) is 5.91 Å². The van der Waals surface area contributed by atoms with E-state index in [4.69, 9.17) is 4.74 Å². The maximum atomic E-state index is 14.6. The number of hydrogen-bond donors (Lipinski definition) is 1. The molecule has 1 aromatic heterocycles. The standard InChI is InChI=1S/C25H25F3N4O2/c1-15(18-4-3-5-19(24(18)26)25(27)28)30-22-13-29-31-21-7-6-17(12-20(21)22)16-8-10-32(11-9-16)23(33)14-34-2/h3-8,12-13,15,25H,9-11,14H2,1-2H3,(H,30,31)/t15-/m1/s1. The second kappa shape index (κ2) is 10.2. The van der Waals surface area contributed by atoms with E-state index >= 15 is 0 Å². The van der Waals surface area contributed by atoms with Crippen molar-refractivity contribution in [3.63, 3.8) is 0 Å². The summed E-state index contributed by atoms with van der Waals surface area (Å²) in [7, 11) is 1.50. The Kier molecular flexibility index (Phi) is 7.12. The molecule has 0 radical (unpaired) electrons. The molecule has 1 aliphatic rings. The number of benzene rings is 2. The summed E-state index contributed by atoms with van der Waals surface area (Å²) in [6, 6.07) is 9.21. The zero-order valence-corrected chi connectivity index (χ0v) is 18.9. The maximum Gasteiger partial charge on any atom is 0.266 e. The van der Waals surface area contributed by atoms with Gasteiger partial charge in [-0.15, -0.1) is 0 Å². The van der Waals surface area contributed by atoms with E-state index in [1.54, 1.807) is 11.8 Å². The lowest BCUT2D eigenvalue weighted by atomic mass is 9.97. The van der Waals surface area contributed by atoms with Crippen molar-refractivity contribution in [1.82, 2.24) is 15.1 Å². The molecule has 1 amide bonds. The van der Waals surface area contributed by atoms with Crippen LogP contribution in [-0.4, -0.2) is 47.8 Å². The summed E-state index contributed by atoms with van der Waals surface area (Å²) in [4.78, 5) is 13.8. The van der Waals surface area contributed by atoms with Crippen molar-refractivity contribution in [2.45, 2.75) is 25.8 Å². The largest absolute Gasteiger partial charge is 0.377 e. The molecule has 0 fully saturated rings. The Labute approximate surface area is 195 Å². The summed E-state index contributed by atoms with van der Waals surface area (Å²) in [6.45, 7) is 2.87. The molecule has 0 unspecified atom stereocenters. The Morgan fingerprint density at radius 1 is 1.24 bits per heavy atom. The number of anilines is 1. The Morgan fingerprint density at radius 3 is 2.74 bits per heavy atom. The molecule has 0 spiro atoms. The van der Waals surface area contributed by atoms with Crippen LogP contribution in [0.3, 0.4) is 0 Å². The number of methoxy groups -OCH3 is 1. The summed E-state index contributed by atoms with van der Waals surface area (Å²) in [5, 5.41) is 12.2. The molecule has 0 aliphatic carbocycles. The van der Waals surface area contributed by atoms with E-state index in [0.29, 0.717) is 30.7 Å². The fourth-order valence-corrected chi connectivity index (χ4v) is 4.13. The van der Waals surface area contributed by atoms with Gasteiger partial charge in [0.05, 0.1) is 29.0 Å². The molecule has 0 saturated carbocycles. The average molecular weight is 470 g/mol. The molecule has 2 heterocycles. The highest BCUT2D eigenvalue weighted by Gasteiger charge is 2.21. The third-order valence-electron chi connectivity index (χ3n) is 5.97. The van der Waals surface area contributed by atoms with E-state index in [1.165, 1.54) is 25.4 Å². The lowest BCUT2D eigenvalue weighted by molar-refractivity contribution is -0.134. The van der Waals surface area contributed by atoms with Gasteiger partial charge in [-0.1, -0.05) is 30.3 Å². The fourth-order valence-electron chi connectivity index (χ4n) is 4.13. The summed E-state index contributed by atoms with van der Waals surface area (Å²) in [6.07, 6.45) is 1.37. The van der Waals surface area contributed by atoms with Crippen LogP contribution < -0.4 is 5.32 Å². The number of fused-ring (bicyclic) bond motifs is 1. The highest BCUT2D eigenvalue weighted by Crippen LogP contribution is 2.32. The van der Waals surface area contributed by atoms with Crippen molar-refractivity contribution in [2.24, 2.45) is 0 Å². The van der Waals surface area contributed by atoms with Crippen LogP contribution >= 0.6 is 0 Å². The molecule has 4 rings (SSSR count). The van der Waals surface area contributed by atoms with Crippen LogP contribution in [0.5, 0.6) is 0 Å². The minimum atomic E-state index is -2.89. The second-order valence-electron chi connectivity index (χ2n) is 8.16. The maximum absolute atomic E-state index is 14.6. The van der Waals surface area contributed by atoms with Crippen LogP contribution in [0.15, 0.2) is 48.7 Å². The molecule has 34 heavy (non-hydrogen) atoms. The Bertz CT molecular complexity index is 1230. The van der Waals surface area contributed by atoms with Crippen molar-refractivity contribution in [2.75, 3.05) is 32.1 Å². The topological polar surface area (TPSA) is 67.3 Å². The molecule has 178 valence electrons. The highest BCUT2D eigenvalue weighted by atomic mass is 19.3. The van der Waals surface area contributed by atoms with E-state index in [0.717, 1.165) is 22.6 Å². The van der Waals surface area contributed by atoms with Crippen LogP contribution in [0, 0.1) is 5.82 Å². The number of carbonyl (C=O) groups excluding carboxylic acids is 1. The van der Waals surface area contributed by atoms with E-state index in [9.17, 15) is 18.0 Å². The number of alkyl halides is 2. The Morgan fingerprint density at radius 2 is 2.03 bits per heavy atom. The number of halogens is 3. The van der Waals surface area contributed by atoms with Crippen molar-refractivity contribution >= 4 is 28.1 Å². The first-order chi connectivity index (χ1) is 16.4. The van der Waals surface area contributed by atoms with Crippen LogP contribution in [-0.2, 0) is 9.53 Å². The molecule has 6 nitrogen and oxygen atoms in total. The van der Waals surface area contributed by atoms with Gasteiger partial charge in [0.25, 0.3) is 6.43 Å². The van der Waals surface area contributed by atoms with Crippen molar-refractivity contribution < 1.29 is 22.7 Å². The van der Waals surface area contributed by atoms with Gasteiger partial charge in [0.15, 0.2) is 0 Å². The minimum absolute atomic E-state index is 0.0461. The molecule has 1 N–H and O–H groups in total. The first-order valence-corrected chi connectivity index (χ1v) is 10.9. The Balaban J connectivity index is 1.60. The number of aromatic nitrogens is 2. The number of carbonyl (C=O) groups is 1. The van der Waals surface area contributed by atoms with Crippen LogP contribution in [0.4, 0.5) is 18.9 Å². The predicted molar refractivity (Wildman–Crippen MR) is 124 cm³/mol. The van der Waals surface area contributed by atoms with Gasteiger partial charge >= 0.3 is 0 Å². The van der Waals surface area contributed by atoms with Crippen LogP contribution in [0.2, 0.25) is 0 Å². The molecule has 2 aromatic carbocycles. The van der Waals surface area contributed by atoms with E-state index in [2.05, 4.69) is 15.5 Å². The quantitative estimate of drug-likeness (QED) is 0.518. The Hall–Kier alpha value is -3.46. The SMILES string of the molecule is COCC(=O)N1CC=C(c2ccc3nncc(N[C@H](C)c4cccc(C(F)F)c4F)c3c2)CC1. The number of hydrogen-bond acceptors (Lipinski definition) is 5. The predicted octanol–water partition coefficient (Wildman–Crippen LogP) is 5.14. The highest BCUT2D eigenvalue weighted by molar-refractivity contribution is 5.93. The van der Waals surface area contributed by atoms with Crippen LogP contribution in [0.1, 0.15) is 42.5 Å². The number of nitrogens with zero attached hydrogens (tertiary/aromatic N) is 3. The lowest BCUT2D eigenvalue weighted by Crippen LogP contribution is -2.36. The van der Waals surface area contributed by atoms with Gasteiger partial charge in [-0.2, -0.15) is 10.2 Å². The average Bonchev–Trinajstić information content (AvgIpc) is 2.84. The van der Waals surface area contributed by atoms with Crippen molar-refractivity contribution in [3.8, 4) is 0 Å². The molecule has 0 saturated heterocycles. The summed E-state index contributed by atoms with van der Waals surface area (Å²) in [5.74, 6) is -0.959. The molecule has 9 heteroatoms. The number of amides is 1. The molecule has 3 aromatic rings. The van der Waals surface area contributed by atoms with Gasteiger partial charge in [0, 0.05) is 31.1 Å². The fraction of sp³-hybridized carbons (Fsp3) is 0.320. The molecule has 1 aliphatic heterocycles. The van der Waals surface area contributed by atoms with Gasteiger partial charge in [-0.05, 0) is 36.6 Å². The monoisotopic (exact) mass is 470 g/mol. The van der Waals surface area contributed by atoms with Gasteiger partial charge in [-0.3, -0.25) is 4.79 Å². The smallest absolute Gasteiger partial charge is 0.266 e. The minimum Gasteiger partial charge on any atom is -0.377 e. The van der Waals surface area contributed by atoms with E-state index in [-0.39, 0.29) is 18.1 Å². The lowest BCUT2D eigenvalue weighted by Gasteiger charge is -2.26. The zero-order valence-electron chi connectivity index (χ0n) is 18.9. The molecular formula is C25H25F3N4O2. The summed E-state index contributed by atoms with van der Waals surface area (Å²) >= 11 is 0. The first kappa shape index (κ1) is 23.7. The van der Waals surface area contributed by atoms with E-state index < -0.39 is 23.8 Å². The van der Waals surface area contributed by atoms with Crippen molar-refractivity contribution in [3.05, 3.63) is 71.2 Å². The molecule has 1 atom stereocenters. The number of ether oxygens (including phenoxy) is 1. The summed E-state index contributed by atoms with van der Waals surface area (Å²) in [5.41, 5.74) is 2.89.